The predicted octanol–water partition coefficient (Wildman–Crippen LogP) is 2.96. The zero-order valence-electron chi connectivity index (χ0n) is 15.0. The molecule has 1 spiro atoms. The molecule has 146 valence electrons. The van der Waals surface area contributed by atoms with E-state index in [1.165, 1.54) is 0 Å². The zero-order valence-corrected chi connectivity index (χ0v) is 16.5. The number of carbonyl (C=O) groups is 2. The number of hydrogen-bond donors (Lipinski definition) is 0. The van der Waals surface area contributed by atoms with Crippen molar-refractivity contribution in [3.8, 4) is 0 Å². The van der Waals surface area contributed by atoms with E-state index >= 15 is 0 Å². The quantitative estimate of drug-likeness (QED) is 0.748. The number of likely N-dealkylation sites (tertiary alicyclic amines) is 2. The molecule has 0 bridgehead atoms. The SMILES string of the molecule is O=C(C1CCCN1C(=O)c1cc(Cl)ccc1Cl)N1CCC2(CC1)OCCO2. The van der Waals surface area contributed by atoms with E-state index < -0.39 is 11.8 Å². The fourth-order valence-corrected chi connectivity index (χ4v) is 4.52. The number of nitrogens with zero attached hydrogens (tertiary/aromatic N) is 2. The first-order valence-electron chi connectivity index (χ1n) is 9.32. The van der Waals surface area contributed by atoms with Crippen LogP contribution in [0.15, 0.2) is 18.2 Å². The summed E-state index contributed by atoms with van der Waals surface area (Å²) in [4.78, 5) is 29.5. The monoisotopic (exact) mass is 412 g/mol. The fraction of sp³-hybridized carbons (Fsp3) is 0.579. The smallest absolute Gasteiger partial charge is 0.256 e. The Morgan fingerprint density at radius 3 is 2.48 bits per heavy atom. The Morgan fingerprint density at radius 1 is 1.07 bits per heavy atom. The van der Waals surface area contributed by atoms with E-state index in [0.29, 0.717) is 67.7 Å². The van der Waals surface area contributed by atoms with Crippen LogP contribution in [0.2, 0.25) is 10.0 Å². The lowest BCUT2D eigenvalue weighted by Gasteiger charge is -2.39. The van der Waals surface area contributed by atoms with Crippen molar-refractivity contribution in [2.75, 3.05) is 32.8 Å². The summed E-state index contributed by atoms with van der Waals surface area (Å²) in [5.74, 6) is -0.767. The predicted molar refractivity (Wildman–Crippen MR) is 101 cm³/mol. The van der Waals surface area contributed by atoms with Gasteiger partial charge >= 0.3 is 0 Å². The van der Waals surface area contributed by atoms with Gasteiger partial charge in [-0.15, -0.1) is 0 Å². The van der Waals surface area contributed by atoms with E-state index in [2.05, 4.69) is 0 Å². The molecule has 1 aromatic carbocycles. The molecule has 3 heterocycles. The lowest BCUT2D eigenvalue weighted by molar-refractivity contribution is -0.188. The van der Waals surface area contributed by atoms with Crippen LogP contribution < -0.4 is 0 Å². The van der Waals surface area contributed by atoms with Gasteiger partial charge in [-0.3, -0.25) is 9.59 Å². The molecule has 4 rings (SSSR count). The first-order valence-corrected chi connectivity index (χ1v) is 10.1. The van der Waals surface area contributed by atoms with Crippen molar-refractivity contribution in [1.82, 2.24) is 9.80 Å². The van der Waals surface area contributed by atoms with Crippen molar-refractivity contribution >= 4 is 35.0 Å². The highest BCUT2D eigenvalue weighted by atomic mass is 35.5. The summed E-state index contributed by atoms with van der Waals surface area (Å²) in [6.45, 7) is 2.92. The first kappa shape index (κ1) is 19.0. The van der Waals surface area contributed by atoms with E-state index in [1.807, 2.05) is 4.90 Å². The van der Waals surface area contributed by atoms with Crippen LogP contribution in [-0.2, 0) is 14.3 Å². The van der Waals surface area contributed by atoms with Crippen molar-refractivity contribution in [2.45, 2.75) is 37.5 Å². The second-order valence-corrected chi connectivity index (χ2v) is 8.06. The Bertz CT molecular complexity index is 741. The number of hydrogen-bond acceptors (Lipinski definition) is 4. The third kappa shape index (κ3) is 3.68. The number of ether oxygens (including phenoxy) is 2. The van der Waals surface area contributed by atoms with Crippen LogP contribution in [0.3, 0.4) is 0 Å². The molecular formula is C19H22Cl2N2O4. The highest BCUT2D eigenvalue weighted by Gasteiger charge is 2.43. The van der Waals surface area contributed by atoms with Gasteiger partial charge in [0, 0.05) is 37.5 Å². The zero-order chi connectivity index (χ0) is 19.0. The van der Waals surface area contributed by atoms with Gasteiger partial charge in [-0.25, -0.2) is 0 Å². The van der Waals surface area contributed by atoms with Gasteiger partial charge in [0.05, 0.1) is 23.8 Å². The third-order valence-electron chi connectivity index (χ3n) is 5.61. The van der Waals surface area contributed by atoms with Gasteiger partial charge in [0.2, 0.25) is 5.91 Å². The second-order valence-electron chi connectivity index (χ2n) is 7.21. The maximum atomic E-state index is 13.1. The van der Waals surface area contributed by atoms with E-state index in [0.717, 1.165) is 6.42 Å². The van der Waals surface area contributed by atoms with Crippen molar-refractivity contribution in [1.29, 1.82) is 0 Å². The van der Waals surface area contributed by atoms with Crippen molar-refractivity contribution in [3.05, 3.63) is 33.8 Å². The van der Waals surface area contributed by atoms with Crippen molar-refractivity contribution in [2.24, 2.45) is 0 Å². The highest BCUT2D eigenvalue weighted by molar-refractivity contribution is 6.35. The minimum absolute atomic E-state index is 0.00755. The van der Waals surface area contributed by atoms with Crippen molar-refractivity contribution in [3.63, 3.8) is 0 Å². The largest absolute Gasteiger partial charge is 0.347 e. The molecule has 6 nitrogen and oxygen atoms in total. The standard InChI is InChI=1S/C19H22Cl2N2O4/c20-13-3-4-15(21)14(12-13)17(24)23-7-1-2-16(23)18(25)22-8-5-19(6-9-22)26-10-11-27-19/h3-4,12,16H,1-2,5-11H2. The lowest BCUT2D eigenvalue weighted by Crippen LogP contribution is -2.53. The molecule has 2 amide bonds. The molecule has 3 aliphatic heterocycles. The summed E-state index contributed by atoms with van der Waals surface area (Å²) >= 11 is 12.2. The van der Waals surface area contributed by atoms with Gasteiger partial charge in [0.1, 0.15) is 6.04 Å². The fourth-order valence-electron chi connectivity index (χ4n) is 4.15. The van der Waals surface area contributed by atoms with Gasteiger partial charge in [0.25, 0.3) is 5.91 Å². The minimum Gasteiger partial charge on any atom is -0.347 e. The van der Waals surface area contributed by atoms with Crippen LogP contribution in [-0.4, -0.2) is 66.3 Å². The summed E-state index contributed by atoms with van der Waals surface area (Å²) in [6.07, 6.45) is 2.79. The van der Waals surface area contributed by atoms with Gasteiger partial charge in [-0.1, -0.05) is 23.2 Å². The lowest BCUT2D eigenvalue weighted by atomic mass is 10.0. The number of piperidine rings is 1. The van der Waals surface area contributed by atoms with Crippen LogP contribution in [0.4, 0.5) is 0 Å². The first-order chi connectivity index (χ1) is 13.0. The second kappa shape index (κ2) is 7.59. The van der Waals surface area contributed by atoms with Gasteiger partial charge in [-0.05, 0) is 31.0 Å². The van der Waals surface area contributed by atoms with E-state index in [9.17, 15) is 9.59 Å². The van der Waals surface area contributed by atoms with Crippen molar-refractivity contribution < 1.29 is 19.1 Å². The molecule has 1 aromatic rings. The Hall–Kier alpha value is -1.34. The van der Waals surface area contributed by atoms with E-state index in [4.69, 9.17) is 32.7 Å². The van der Waals surface area contributed by atoms with Gasteiger partial charge < -0.3 is 19.3 Å². The Kier molecular flexibility index (Phi) is 5.34. The molecule has 0 saturated carbocycles. The molecule has 3 aliphatic rings. The van der Waals surface area contributed by atoms with Crippen LogP contribution in [0, 0.1) is 0 Å². The topological polar surface area (TPSA) is 59.1 Å². The molecule has 0 aromatic heterocycles. The molecule has 3 saturated heterocycles. The third-order valence-corrected chi connectivity index (χ3v) is 6.17. The van der Waals surface area contributed by atoms with Crippen LogP contribution in [0.5, 0.6) is 0 Å². The number of halogens is 2. The molecule has 1 unspecified atom stereocenters. The van der Waals surface area contributed by atoms with Gasteiger partial charge in [0.15, 0.2) is 5.79 Å². The molecule has 3 fully saturated rings. The molecular weight excluding hydrogens is 391 g/mol. The molecule has 1 atom stereocenters. The summed E-state index contributed by atoms with van der Waals surface area (Å²) in [6, 6.07) is 4.36. The number of carbonyl (C=O) groups excluding carboxylic acids is 2. The van der Waals surface area contributed by atoms with Gasteiger partial charge in [-0.2, -0.15) is 0 Å². The molecule has 0 radical (unpaired) electrons. The number of amides is 2. The number of benzene rings is 1. The number of rotatable bonds is 2. The maximum absolute atomic E-state index is 13.1. The summed E-state index contributed by atoms with van der Waals surface area (Å²) in [5, 5.41) is 0.792. The molecule has 0 aliphatic carbocycles. The van der Waals surface area contributed by atoms with E-state index in [1.54, 1.807) is 23.1 Å². The molecule has 0 N–H and O–H groups in total. The van der Waals surface area contributed by atoms with Crippen LogP contribution in [0.1, 0.15) is 36.0 Å². The van der Waals surface area contributed by atoms with Crippen LogP contribution in [0.25, 0.3) is 0 Å². The average molecular weight is 413 g/mol. The van der Waals surface area contributed by atoms with E-state index in [-0.39, 0.29) is 11.8 Å². The molecule has 27 heavy (non-hydrogen) atoms. The summed E-state index contributed by atoms with van der Waals surface area (Å²) < 4.78 is 11.4. The average Bonchev–Trinajstić information content (AvgIpc) is 3.33. The molecule has 8 heteroatoms. The highest BCUT2D eigenvalue weighted by Crippen LogP contribution is 2.33. The Balaban J connectivity index is 1.45. The Labute approximate surface area is 168 Å². The Morgan fingerprint density at radius 2 is 1.78 bits per heavy atom. The summed E-state index contributed by atoms with van der Waals surface area (Å²) in [7, 11) is 0. The normalized spacial score (nSPS) is 24.6. The van der Waals surface area contributed by atoms with Crippen LogP contribution >= 0.6 is 23.2 Å². The minimum atomic E-state index is -0.518. The summed E-state index contributed by atoms with van der Waals surface area (Å²) in [5.41, 5.74) is 0.342. The maximum Gasteiger partial charge on any atom is 0.256 e.